The molecule has 2 saturated heterocycles. The standard InChI is InChI=1S/C23H26F3NO2/c1-29-21-11-10-17(12-20(21)23(24,25)26)22(28)13-18-8-5-9-19(14-22)27(18)15-16-6-3-2-4-7-16/h2-4,6-7,10-12,18-19,28H,5,8-9,13-15H2,1H3. The summed E-state index contributed by atoms with van der Waals surface area (Å²) < 4.78 is 45.3. The second kappa shape index (κ2) is 7.65. The first-order valence-corrected chi connectivity index (χ1v) is 10.1. The average Bonchev–Trinajstić information content (AvgIpc) is 2.68. The molecule has 2 aliphatic heterocycles. The van der Waals surface area contributed by atoms with Crippen LogP contribution in [0.15, 0.2) is 48.5 Å². The summed E-state index contributed by atoms with van der Waals surface area (Å²) in [6, 6.07) is 14.5. The van der Waals surface area contributed by atoms with E-state index in [1.165, 1.54) is 18.7 Å². The van der Waals surface area contributed by atoms with Gasteiger partial charge in [-0.1, -0.05) is 42.8 Å². The maximum Gasteiger partial charge on any atom is 0.419 e. The quantitative estimate of drug-likeness (QED) is 0.767. The Balaban J connectivity index is 1.62. The van der Waals surface area contributed by atoms with Crippen molar-refractivity contribution in [3.8, 4) is 5.75 Å². The minimum absolute atomic E-state index is 0.157. The molecule has 2 aromatic rings. The van der Waals surface area contributed by atoms with Crippen LogP contribution in [0.5, 0.6) is 5.75 Å². The summed E-state index contributed by atoms with van der Waals surface area (Å²) in [5.74, 6) is -0.216. The number of alkyl halides is 3. The van der Waals surface area contributed by atoms with Crippen molar-refractivity contribution in [3.05, 3.63) is 65.2 Å². The SMILES string of the molecule is COc1ccc(C2(O)CC3CCCC(C2)N3Cc2ccccc2)cc1C(F)(F)F. The Morgan fingerprint density at radius 1 is 1.07 bits per heavy atom. The lowest BCUT2D eigenvalue weighted by Crippen LogP contribution is -2.56. The molecule has 0 aromatic heterocycles. The molecule has 3 nitrogen and oxygen atoms in total. The number of rotatable bonds is 4. The predicted octanol–water partition coefficient (Wildman–Crippen LogP) is 5.12. The highest BCUT2D eigenvalue weighted by atomic mass is 19.4. The molecule has 2 heterocycles. The molecule has 0 saturated carbocycles. The molecule has 29 heavy (non-hydrogen) atoms. The first-order valence-electron chi connectivity index (χ1n) is 10.1. The number of piperidine rings is 2. The van der Waals surface area contributed by atoms with E-state index in [2.05, 4.69) is 17.0 Å². The lowest BCUT2D eigenvalue weighted by atomic mass is 9.72. The van der Waals surface area contributed by atoms with Crippen LogP contribution < -0.4 is 4.74 Å². The topological polar surface area (TPSA) is 32.7 Å². The molecule has 0 spiro atoms. The van der Waals surface area contributed by atoms with Gasteiger partial charge in [-0.2, -0.15) is 13.2 Å². The van der Waals surface area contributed by atoms with Crippen molar-refractivity contribution in [2.75, 3.05) is 7.11 Å². The second-order valence-corrected chi connectivity index (χ2v) is 8.25. The molecule has 0 aliphatic carbocycles. The largest absolute Gasteiger partial charge is 0.496 e. The van der Waals surface area contributed by atoms with Gasteiger partial charge in [-0.15, -0.1) is 0 Å². The Kier molecular flexibility index (Phi) is 5.34. The van der Waals surface area contributed by atoms with Crippen molar-refractivity contribution in [1.29, 1.82) is 0 Å². The lowest BCUT2D eigenvalue weighted by Gasteiger charge is -2.52. The number of hydrogen-bond acceptors (Lipinski definition) is 3. The summed E-state index contributed by atoms with van der Waals surface area (Å²) in [6.07, 6.45) is -0.642. The molecule has 4 rings (SSSR count). The zero-order valence-corrected chi connectivity index (χ0v) is 16.5. The third kappa shape index (κ3) is 4.01. The van der Waals surface area contributed by atoms with Gasteiger partial charge < -0.3 is 9.84 Å². The van der Waals surface area contributed by atoms with Gasteiger partial charge in [-0.3, -0.25) is 4.90 Å². The van der Waals surface area contributed by atoms with Gasteiger partial charge in [0.25, 0.3) is 0 Å². The van der Waals surface area contributed by atoms with Crippen LogP contribution in [0.2, 0.25) is 0 Å². The number of nitrogens with zero attached hydrogens (tertiary/aromatic N) is 1. The van der Waals surface area contributed by atoms with Gasteiger partial charge in [0.1, 0.15) is 5.75 Å². The minimum Gasteiger partial charge on any atom is -0.496 e. The van der Waals surface area contributed by atoms with Crippen LogP contribution in [0.3, 0.4) is 0 Å². The fraction of sp³-hybridized carbons (Fsp3) is 0.478. The summed E-state index contributed by atoms with van der Waals surface area (Å²) in [7, 11) is 1.23. The number of ether oxygens (including phenoxy) is 1. The van der Waals surface area contributed by atoms with Gasteiger partial charge >= 0.3 is 6.18 Å². The zero-order chi connectivity index (χ0) is 20.6. The number of methoxy groups -OCH3 is 1. The van der Waals surface area contributed by atoms with Crippen molar-refractivity contribution in [2.45, 2.75) is 62.5 Å². The molecule has 2 aromatic carbocycles. The van der Waals surface area contributed by atoms with Crippen molar-refractivity contribution >= 4 is 0 Å². The van der Waals surface area contributed by atoms with Crippen LogP contribution in [0.4, 0.5) is 13.2 Å². The summed E-state index contributed by atoms with van der Waals surface area (Å²) in [6.45, 7) is 0.808. The van der Waals surface area contributed by atoms with E-state index in [4.69, 9.17) is 4.74 Å². The van der Waals surface area contributed by atoms with Gasteiger partial charge in [0.05, 0.1) is 18.3 Å². The third-order valence-electron chi connectivity index (χ3n) is 6.41. The number of halogens is 3. The zero-order valence-electron chi connectivity index (χ0n) is 16.5. The van der Waals surface area contributed by atoms with E-state index in [1.54, 1.807) is 6.07 Å². The van der Waals surface area contributed by atoms with Crippen LogP contribution in [-0.2, 0) is 18.3 Å². The first-order chi connectivity index (χ1) is 13.8. The fourth-order valence-corrected chi connectivity index (χ4v) is 5.03. The maximum absolute atomic E-state index is 13.5. The molecule has 2 fully saturated rings. The molecule has 2 unspecified atom stereocenters. The molecular weight excluding hydrogens is 379 g/mol. The molecule has 2 bridgehead atoms. The van der Waals surface area contributed by atoms with Gasteiger partial charge in [-0.25, -0.2) is 0 Å². The highest BCUT2D eigenvalue weighted by Gasteiger charge is 2.47. The predicted molar refractivity (Wildman–Crippen MR) is 105 cm³/mol. The summed E-state index contributed by atoms with van der Waals surface area (Å²) in [5.41, 5.74) is -0.529. The lowest BCUT2D eigenvalue weighted by molar-refractivity contribution is -0.139. The highest BCUT2D eigenvalue weighted by Crippen LogP contribution is 2.47. The van der Waals surface area contributed by atoms with Crippen molar-refractivity contribution in [1.82, 2.24) is 4.90 Å². The van der Waals surface area contributed by atoms with E-state index in [9.17, 15) is 18.3 Å². The van der Waals surface area contributed by atoms with Crippen LogP contribution >= 0.6 is 0 Å². The first kappa shape index (κ1) is 20.2. The number of benzene rings is 2. The van der Waals surface area contributed by atoms with Crippen LogP contribution in [0, 0.1) is 0 Å². The van der Waals surface area contributed by atoms with E-state index < -0.39 is 17.3 Å². The summed E-state index contributed by atoms with van der Waals surface area (Å²) >= 11 is 0. The summed E-state index contributed by atoms with van der Waals surface area (Å²) in [5, 5.41) is 11.5. The monoisotopic (exact) mass is 405 g/mol. The van der Waals surface area contributed by atoms with Gasteiger partial charge in [0.15, 0.2) is 0 Å². The Morgan fingerprint density at radius 2 is 1.72 bits per heavy atom. The molecule has 2 atom stereocenters. The molecule has 6 heteroatoms. The molecule has 2 aliphatic rings. The van der Waals surface area contributed by atoms with E-state index in [-0.39, 0.29) is 17.8 Å². The Labute approximate surface area is 169 Å². The number of hydrogen-bond donors (Lipinski definition) is 1. The minimum atomic E-state index is -4.53. The van der Waals surface area contributed by atoms with Crippen LogP contribution in [0.1, 0.15) is 48.8 Å². The maximum atomic E-state index is 13.5. The summed E-state index contributed by atoms with van der Waals surface area (Å²) in [4.78, 5) is 2.43. The molecule has 0 radical (unpaired) electrons. The average molecular weight is 405 g/mol. The number of aliphatic hydroxyl groups is 1. The van der Waals surface area contributed by atoms with Gasteiger partial charge in [0.2, 0.25) is 0 Å². The smallest absolute Gasteiger partial charge is 0.419 e. The Morgan fingerprint density at radius 3 is 2.31 bits per heavy atom. The van der Waals surface area contributed by atoms with Crippen molar-refractivity contribution in [2.24, 2.45) is 0 Å². The van der Waals surface area contributed by atoms with E-state index in [0.29, 0.717) is 18.4 Å². The molecule has 156 valence electrons. The molecule has 1 N–H and O–H groups in total. The van der Waals surface area contributed by atoms with E-state index in [1.807, 2.05) is 18.2 Å². The highest BCUT2D eigenvalue weighted by molar-refractivity contribution is 5.41. The van der Waals surface area contributed by atoms with Gasteiger partial charge in [0, 0.05) is 18.6 Å². The van der Waals surface area contributed by atoms with Gasteiger partial charge in [-0.05, 0) is 48.9 Å². The third-order valence-corrected chi connectivity index (χ3v) is 6.41. The van der Waals surface area contributed by atoms with Crippen molar-refractivity contribution < 1.29 is 23.0 Å². The molecular formula is C23H26F3NO2. The number of fused-ring (bicyclic) bond motifs is 2. The molecule has 0 amide bonds. The Bertz CT molecular complexity index is 839. The Hall–Kier alpha value is -2.05. The van der Waals surface area contributed by atoms with E-state index in [0.717, 1.165) is 31.9 Å². The normalized spacial score (nSPS) is 27.6. The van der Waals surface area contributed by atoms with Crippen molar-refractivity contribution in [3.63, 3.8) is 0 Å². The van der Waals surface area contributed by atoms with E-state index >= 15 is 0 Å². The van der Waals surface area contributed by atoms with Crippen LogP contribution in [-0.4, -0.2) is 29.2 Å². The van der Waals surface area contributed by atoms with Crippen LogP contribution in [0.25, 0.3) is 0 Å². The fourth-order valence-electron chi connectivity index (χ4n) is 5.03. The second-order valence-electron chi connectivity index (χ2n) is 8.25.